The summed E-state index contributed by atoms with van der Waals surface area (Å²) in [6, 6.07) is 1.87. The van der Waals surface area contributed by atoms with Crippen molar-refractivity contribution in [2.45, 2.75) is 50.0 Å². The van der Waals surface area contributed by atoms with Crippen LogP contribution in [0, 0.1) is 5.92 Å². The Hall–Kier alpha value is -2.08. The molecule has 5 rings (SSSR count). The second-order valence-corrected chi connectivity index (χ2v) is 7.98. The van der Waals surface area contributed by atoms with Gasteiger partial charge in [0.05, 0.1) is 18.4 Å². The van der Waals surface area contributed by atoms with Gasteiger partial charge in [0.1, 0.15) is 11.4 Å². The monoisotopic (exact) mass is 355 g/mol. The molecule has 1 N–H and O–H groups in total. The fourth-order valence-electron chi connectivity index (χ4n) is 4.80. The molecule has 6 heteroatoms. The average molecular weight is 355 g/mol. The Labute approximate surface area is 152 Å². The Kier molecular flexibility index (Phi) is 3.71. The van der Waals surface area contributed by atoms with Gasteiger partial charge in [-0.3, -0.25) is 4.79 Å². The maximum atomic E-state index is 12.9. The van der Waals surface area contributed by atoms with E-state index in [0.717, 1.165) is 50.2 Å². The Morgan fingerprint density at radius 1 is 1.35 bits per heavy atom. The summed E-state index contributed by atoms with van der Waals surface area (Å²) in [6.07, 6.45) is 10.6. The van der Waals surface area contributed by atoms with E-state index in [-0.39, 0.29) is 11.4 Å². The molecule has 3 aliphatic rings. The van der Waals surface area contributed by atoms with E-state index in [1.807, 2.05) is 16.7 Å². The molecular weight excluding hydrogens is 330 g/mol. The number of amides is 1. The zero-order valence-electron chi connectivity index (χ0n) is 15.2. The number of hydrogen-bond acceptors (Lipinski definition) is 4. The number of methoxy groups -OCH3 is 1. The lowest BCUT2D eigenvalue weighted by Crippen LogP contribution is -2.37. The smallest absolute Gasteiger partial charge is 0.257 e. The first kappa shape index (κ1) is 16.1. The molecule has 1 aliphatic heterocycles. The van der Waals surface area contributed by atoms with E-state index in [1.54, 1.807) is 7.11 Å². The van der Waals surface area contributed by atoms with Crippen LogP contribution in [0.5, 0.6) is 5.75 Å². The van der Waals surface area contributed by atoms with Gasteiger partial charge in [-0.1, -0.05) is 6.42 Å². The van der Waals surface area contributed by atoms with E-state index in [4.69, 9.17) is 14.5 Å². The minimum atomic E-state index is -0.0329. The molecular formula is C20H25N3O3. The lowest BCUT2D eigenvalue weighted by atomic mass is 9.97. The second kappa shape index (κ2) is 5.98. The van der Waals surface area contributed by atoms with Gasteiger partial charge >= 0.3 is 0 Å². The van der Waals surface area contributed by atoms with Crippen molar-refractivity contribution in [3.05, 3.63) is 29.7 Å². The standard InChI is InChI=1S/C20H25N3O3/c1-25-17-9-18-21-16(13-4-7-26-8-5-13)12-23(18)11-15(17)19(24)22-20-6-2-3-14(20)10-20/h9,11-14H,2-8,10H2,1H3,(H,22,24)/t14-,20-/m1/s1. The molecule has 2 saturated carbocycles. The van der Waals surface area contributed by atoms with E-state index >= 15 is 0 Å². The first-order chi connectivity index (χ1) is 12.7. The average Bonchev–Trinajstić information content (AvgIpc) is 3.02. The number of imidazole rings is 1. The highest BCUT2D eigenvalue weighted by molar-refractivity contribution is 5.98. The van der Waals surface area contributed by atoms with Crippen molar-refractivity contribution >= 4 is 11.6 Å². The summed E-state index contributed by atoms with van der Waals surface area (Å²) in [5.74, 6) is 1.66. The van der Waals surface area contributed by atoms with Crippen LogP contribution >= 0.6 is 0 Å². The molecule has 3 fully saturated rings. The Bertz CT molecular complexity index is 855. The Morgan fingerprint density at radius 3 is 2.88 bits per heavy atom. The van der Waals surface area contributed by atoms with Crippen LogP contribution in [0.3, 0.4) is 0 Å². The SMILES string of the molecule is COc1cc2nc(C3CCOCC3)cn2cc1C(=O)N[C@@]12CCC[C@@H]1C2. The first-order valence-corrected chi connectivity index (χ1v) is 9.65. The van der Waals surface area contributed by atoms with Gasteiger partial charge in [0, 0.05) is 43.1 Å². The van der Waals surface area contributed by atoms with E-state index < -0.39 is 0 Å². The summed E-state index contributed by atoms with van der Waals surface area (Å²) in [7, 11) is 1.61. The quantitative estimate of drug-likeness (QED) is 0.916. The number of carbonyl (C=O) groups is 1. The predicted molar refractivity (Wildman–Crippen MR) is 96.7 cm³/mol. The van der Waals surface area contributed by atoms with E-state index in [0.29, 0.717) is 23.1 Å². The van der Waals surface area contributed by atoms with Gasteiger partial charge in [0.15, 0.2) is 0 Å². The fourth-order valence-corrected chi connectivity index (χ4v) is 4.80. The van der Waals surface area contributed by atoms with E-state index in [1.165, 1.54) is 12.8 Å². The van der Waals surface area contributed by atoms with Crippen LogP contribution in [0.25, 0.3) is 5.65 Å². The van der Waals surface area contributed by atoms with E-state index in [2.05, 4.69) is 11.5 Å². The van der Waals surface area contributed by atoms with Gasteiger partial charge in [0.2, 0.25) is 0 Å². The third-order valence-corrected chi connectivity index (χ3v) is 6.45. The van der Waals surface area contributed by atoms with Crippen molar-refractivity contribution in [3.63, 3.8) is 0 Å². The topological polar surface area (TPSA) is 64.9 Å². The number of pyridine rings is 1. The molecule has 138 valence electrons. The molecule has 0 radical (unpaired) electrons. The Morgan fingerprint density at radius 2 is 2.19 bits per heavy atom. The maximum Gasteiger partial charge on any atom is 0.257 e. The summed E-state index contributed by atoms with van der Waals surface area (Å²) < 4.78 is 12.9. The van der Waals surface area contributed by atoms with Crippen molar-refractivity contribution in [1.82, 2.24) is 14.7 Å². The first-order valence-electron chi connectivity index (χ1n) is 9.65. The number of rotatable bonds is 4. The molecule has 0 aromatic carbocycles. The highest BCUT2D eigenvalue weighted by Gasteiger charge is 2.57. The summed E-state index contributed by atoms with van der Waals surface area (Å²) >= 11 is 0. The van der Waals surface area contributed by atoms with Gasteiger partial charge < -0.3 is 19.2 Å². The van der Waals surface area contributed by atoms with Crippen LogP contribution in [-0.2, 0) is 4.74 Å². The number of ether oxygens (including phenoxy) is 2. The van der Waals surface area contributed by atoms with Gasteiger partial charge in [0.25, 0.3) is 5.91 Å². The van der Waals surface area contributed by atoms with Gasteiger partial charge in [-0.25, -0.2) is 4.98 Å². The van der Waals surface area contributed by atoms with Crippen LogP contribution in [0.2, 0.25) is 0 Å². The zero-order chi connectivity index (χ0) is 17.7. The molecule has 2 aliphatic carbocycles. The summed E-state index contributed by atoms with van der Waals surface area (Å²) in [6.45, 7) is 1.58. The molecule has 1 saturated heterocycles. The van der Waals surface area contributed by atoms with Crippen molar-refractivity contribution in [2.75, 3.05) is 20.3 Å². The van der Waals surface area contributed by atoms with Crippen LogP contribution < -0.4 is 10.1 Å². The van der Waals surface area contributed by atoms with Crippen LogP contribution in [0.15, 0.2) is 18.5 Å². The normalized spacial score (nSPS) is 28.1. The number of aromatic nitrogens is 2. The van der Waals surface area contributed by atoms with Crippen molar-refractivity contribution < 1.29 is 14.3 Å². The second-order valence-electron chi connectivity index (χ2n) is 7.98. The maximum absolute atomic E-state index is 12.9. The number of nitrogens with zero attached hydrogens (tertiary/aromatic N) is 2. The summed E-state index contributed by atoms with van der Waals surface area (Å²) in [5.41, 5.74) is 2.54. The van der Waals surface area contributed by atoms with Crippen molar-refractivity contribution in [2.24, 2.45) is 5.92 Å². The van der Waals surface area contributed by atoms with Crippen LogP contribution in [0.1, 0.15) is 60.5 Å². The number of fused-ring (bicyclic) bond motifs is 2. The molecule has 1 amide bonds. The lowest BCUT2D eigenvalue weighted by Gasteiger charge is -2.19. The van der Waals surface area contributed by atoms with Gasteiger partial charge in [-0.15, -0.1) is 0 Å². The molecule has 2 atom stereocenters. The zero-order valence-corrected chi connectivity index (χ0v) is 15.2. The minimum Gasteiger partial charge on any atom is -0.496 e. The number of nitrogens with one attached hydrogen (secondary N) is 1. The van der Waals surface area contributed by atoms with Crippen molar-refractivity contribution in [1.29, 1.82) is 0 Å². The van der Waals surface area contributed by atoms with Gasteiger partial charge in [-0.05, 0) is 38.0 Å². The minimum absolute atomic E-state index is 0.0329. The van der Waals surface area contributed by atoms with Crippen LogP contribution in [-0.4, -0.2) is 41.2 Å². The van der Waals surface area contributed by atoms with E-state index in [9.17, 15) is 4.79 Å². The number of carbonyl (C=O) groups excluding carboxylic acids is 1. The molecule has 0 unspecified atom stereocenters. The third-order valence-electron chi connectivity index (χ3n) is 6.45. The highest BCUT2D eigenvalue weighted by atomic mass is 16.5. The largest absolute Gasteiger partial charge is 0.496 e. The number of hydrogen-bond donors (Lipinski definition) is 1. The van der Waals surface area contributed by atoms with Crippen LogP contribution in [0.4, 0.5) is 0 Å². The Balaban J connectivity index is 1.45. The molecule has 3 heterocycles. The molecule has 0 spiro atoms. The molecule has 26 heavy (non-hydrogen) atoms. The third kappa shape index (κ3) is 2.58. The molecule has 6 nitrogen and oxygen atoms in total. The molecule has 0 bridgehead atoms. The summed E-state index contributed by atoms with van der Waals surface area (Å²) in [4.78, 5) is 17.7. The molecule has 2 aromatic heterocycles. The lowest BCUT2D eigenvalue weighted by molar-refractivity contribution is 0.0846. The fraction of sp³-hybridized carbons (Fsp3) is 0.600. The predicted octanol–water partition coefficient (Wildman–Crippen LogP) is 2.91. The summed E-state index contributed by atoms with van der Waals surface area (Å²) in [5, 5.41) is 3.29. The van der Waals surface area contributed by atoms with Crippen molar-refractivity contribution in [3.8, 4) is 5.75 Å². The molecule has 2 aromatic rings. The van der Waals surface area contributed by atoms with Gasteiger partial charge in [-0.2, -0.15) is 0 Å². The highest BCUT2D eigenvalue weighted by Crippen LogP contribution is 2.55.